The van der Waals surface area contributed by atoms with Crippen LogP contribution < -0.4 is 0 Å². The SMILES string of the molecule is O=C(c1cnn(-c2ccccc2)n1)N1CCCC(c2nnc(-c3ccsc3)o2)C1. The molecule has 4 heterocycles. The van der Waals surface area contributed by atoms with E-state index in [4.69, 9.17) is 4.42 Å². The van der Waals surface area contributed by atoms with Crippen LogP contribution in [-0.2, 0) is 0 Å². The first kappa shape index (κ1) is 17.7. The van der Waals surface area contributed by atoms with E-state index in [1.165, 1.54) is 11.0 Å². The zero-order chi connectivity index (χ0) is 19.6. The maximum absolute atomic E-state index is 13.0. The van der Waals surface area contributed by atoms with Gasteiger partial charge in [-0.2, -0.15) is 21.2 Å². The normalized spacial score (nSPS) is 16.8. The number of likely N-dealkylation sites (tertiary alicyclic amines) is 1. The minimum Gasteiger partial charge on any atom is -0.420 e. The number of amides is 1. The summed E-state index contributed by atoms with van der Waals surface area (Å²) in [4.78, 5) is 16.2. The summed E-state index contributed by atoms with van der Waals surface area (Å²) in [6.45, 7) is 1.21. The van der Waals surface area contributed by atoms with E-state index in [1.807, 2.05) is 47.2 Å². The van der Waals surface area contributed by atoms with Crippen molar-refractivity contribution in [3.8, 4) is 17.1 Å². The van der Waals surface area contributed by atoms with Gasteiger partial charge in [0.15, 0.2) is 5.69 Å². The van der Waals surface area contributed by atoms with Crippen LogP contribution in [0.5, 0.6) is 0 Å². The molecule has 3 aromatic heterocycles. The average Bonchev–Trinajstić information content (AvgIpc) is 3.55. The van der Waals surface area contributed by atoms with Gasteiger partial charge < -0.3 is 9.32 Å². The third-order valence-corrected chi connectivity index (χ3v) is 5.65. The van der Waals surface area contributed by atoms with Gasteiger partial charge in [-0.25, -0.2) is 0 Å². The molecule has 0 N–H and O–H groups in total. The average molecular weight is 406 g/mol. The van der Waals surface area contributed by atoms with Crippen molar-refractivity contribution in [3.05, 3.63) is 64.9 Å². The number of nitrogens with zero attached hydrogens (tertiary/aromatic N) is 6. The summed E-state index contributed by atoms with van der Waals surface area (Å²) >= 11 is 1.59. The second-order valence-electron chi connectivity index (χ2n) is 6.90. The van der Waals surface area contributed by atoms with Gasteiger partial charge in [0, 0.05) is 24.0 Å². The number of piperidine rings is 1. The highest BCUT2D eigenvalue weighted by atomic mass is 32.1. The molecule has 0 spiro atoms. The van der Waals surface area contributed by atoms with E-state index in [1.54, 1.807) is 16.2 Å². The van der Waals surface area contributed by atoms with Crippen molar-refractivity contribution < 1.29 is 9.21 Å². The molecule has 1 amide bonds. The molecular formula is C20H18N6O2S. The summed E-state index contributed by atoms with van der Waals surface area (Å²) in [6, 6.07) is 11.5. The number of carbonyl (C=O) groups is 1. The predicted octanol–water partition coefficient (Wildman–Crippen LogP) is 3.40. The van der Waals surface area contributed by atoms with Crippen molar-refractivity contribution in [2.24, 2.45) is 0 Å². The van der Waals surface area contributed by atoms with E-state index in [-0.39, 0.29) is 11.8 Å². The van der Waals surface area contributed by atoms with E-state index in [9.17, 15) is 4.79 Å². The van der Waals surface area contributed by atoms with Gasteiger partial charge in [0.2, 0.25) is 11.8 Å². The first-order valence-corrected chi connectivity index (χ1v) is 10.4. The smallest absolute Gasteiger partial charge is 0.276 e. The van der Waals surface area contributed by atoms with Gasteiger partial charge >= 0.3 is 0 Å². The third-order valence-electron chi connectivity index (χ3n) is 4.96. The fourth-order valence-corrected chi connectivity index (χ4v) is 4.10. The molecule has 1 aliphatic rings. The van der Waals surface area contributed by atoms with Crippen molar-refractivity contribution >= 4 is 17.2 Å². The Morgan fingerprint density at radius 3 is 2.90 bits per heavy atom. The molecule has 1 fully saturated rings. The largest absolute Gasteiger partial charge is 0.420 e. The predicted molar refractivity (Wildman–Crippen MR) is 107 cm³/mol. The fourth-order valence-electron chi connectivity index (χ4n) is 3.47. The van der Waals surface area contributed by atoms with Crippen LogP contribution in [0.4, 0.5) is 0 Å². The zero-order valence-corrected chi connectivity index (χ0v) is 16.3. The Balaban J connectivity index is 1.31. The van der Waals surface area contributed by atoms with Gasteiger partial charge in [-0.05, 0) is 36.4 Å². The van der Waals surface area contributed by atoms with Crippen LogP contribution in [0, 0.1) is 0 Å². The van der Waals surface area contributed by atoms with Crippen molar-refractivity contribution in [3.63, 3.8) is 0 Å². The monoisotopic (exact) mass is 406 g/mol. The van der Waals surface area contributed by atoms with Crippen LogP contribution in [-0.4, -0.2) is 49.1 Å². The molecule has 146 valence electrons. The number of hydrogen-bond donors (Lipinski definition) is 0. The van der Waals surface area contributed by atoms with Crippen LogP contribution in [0.15, 0.2) is 57.8 Å². The van der Waals surface area contributed by atoms with Gasteiger partial charge in [0.25, 0.3) is 5.91 Å². The molecule has 1 unspecified atom stereocenters. The molecule has 1 aromatic carbocycles. The Bertz CT molecular complexity index is 1110. The molecule has 4 aromatic rings. The molecule has 8 nitrogen and oxygen atoms in total. The lowest BCUT2D eigenvalue weighted by Crippen LogP contribution is -2.39. The van der Waals surface area contributed by atoms with Crippen LogP contribution >= 0.6 is 11.3 Å². The van der Waals surface area contributed by atoms with Crippen LogP contribution in [0.1, 0.15) is 35.1 Å². The van der Waals surface area contributed by atoms with Gasteiger partial charge in [-0.15, -0.1) is 15.3 Å². The molecule has 0 bridgehead atoms. The lowest BCUT2D eigenvalue weighted by Gasteiger charge is -2.30. The van der Waals surface area contributed by atoms with Crippen molar-refractivity contribution in [1.29, 1.82) is 0 Å². The number of carbonyl (C=O) groups excluding carboxylic acids is 1. The number of hydrogen-bond acceptors (Lipinski definition) is 7. The van der Waals surface area contributed by atoms with Crippen LogP contribution in [0.2, 0.25) is 0 Å². The Morgan fingerprint density at radius 1 is 1.17 bits per heavy atom. The van der Waals surface area contributed by atoms with Crippen molar-refractivity contribution in [1.82, 2.24) is 30.1 Å². The van der Waals surface area contributed by atoms with E-state index in [0.717, 1.165) is 24.1 Å². The van der Waals surface area contributed by atoms with Crippen LogP contribution in [0.3, 0.4) is 0 Å². The summed E-state index contributed by atoms with van der Waals surface area (Å²) in [5.74, 6) is 0.998. The maximum atomic E-state index is 13.0. The Labute approximate surface area is 170 Å². The molecular weight excluding hydrogens is 388 g/mol. The standard InChI is InChI=1S/C20H18N6O2S/c27-20(17-11-21-26(24-17)16-6-2-1-3-7-16)25-9-4-5-14(12-25)18-22-23-19(28-18)15-8-10-29-13-15/h1-3,6-8,10-11,13-14H,4-5,9,12H2. The summed E-state index contributed by atoms with van der Waals surface area (Å²) in [5.41, 5.74) is 2.07. The maximum Gasteiger partial charge on any atom is 0.276 e. The fraction of sp³-hybridized carbons (Fsp3) is 0.250. The summed E-state index contributed by atoms with van der Waals surface area (Å²) < 4.78 is 5.88. The lowest BCUT2D eigenvalue weighted by molar-refractivity contribution is 0.0692. The number of para-hydroxylation sites is 1. The molecule has 29 heavy (non-hydrogen) atoms. The third kappa shape index (κ3) is 3.56. The Morgan fingerprint density at radius 2 is 2.07 bits per heavy atom. The van der Waals surface area contributed by atoms with Gasteiger partial charge in [-0.3, -0.25) is 4.79 Å². The number of rotatable bonds is 4. The molecule has 0 saturated carbocycles. The molecule has 1 saturated heterocycles. The minimum absolute atomic E-state index is 0.0248. The molecule has 0 radical (unpaired) electrons. The highest BCUT2D eigenvalue weighted by Crippen LogP contribution is 2.29. The first-order chi connectivity index (χ1) is 14.3. The summed E-state index contributed by atoms with van der Waals surface area (Å²) in [7, 11) is 0. The summed E-state index contributed by atoms with van der Waals surface area (Å²) in [6.07, 6.45) is 3.30. The second kappa shape index (κ2) is 7.59. The molecule has 5 rings (SSSR count). The van der Waals surface area contributed by atoms with Gasteiger partial charge in [-0.1, -0.05) is 18.2 Å². The Kier molecular flexibility index (Phi) is 4.65. The molecule has 9 heteroatoms. The quantitative estimate of drug-likeness (QED) is 0.516. The Hall–Kier alpha value is -3.33. The molecule has 0 aliphatic carbocycles. The minimum atomic E-state index is -0.130. The van der Waals surface area contributed by atoms with Gasteiger partial charge in [0.05, 0.1) is 17.8 Å². The number of benzene rings is 1. The first-order valence-electron chi connectivity index (χ1n) is 9.41. The van der Waals surface area contributed by atoms with E-state index >= 15 is 0 Å². The zero-order valence-electron chi connectivity index (χ0n) is 15.5. The summed E-state index contributed by atoms with van der Waals surface area (Å²) in [5, 5.41) is 20.9. The second-order valence-corrected chi connectivity index (χ2v) is 7.68. The molecule has 1 aliphatic heterocycles. The highest BCUT2D eigenvalue weighted by molar-refractivity contribution is 7.08. The highest BCUT2D eigenvalue weighted by Gasteiger charge is 2.30. The topological polar surface area (TPSA) is 89.9 Å². The van der Waals surface area contributed by atoms with Gasteiger partial charge in [0.1, 0.15) is 0 Å². The van der Waals surface area contributed by atoms with Crippen molar-refractivity contribution in [2.45, 2.75) is 18.8 Å². The van der Waals surface area contributed by atoms with Crippen molar-refractivity contribution in [2.75, 3.05) is 13.1 Å². The van der Waals surface area contributed by atoms with Crippen LogP contribution in [0.25, 0.3) is 17.1 Å². The van der Waals surface area contributed by atoms with E-state index in [2.05, 4.69) is 20.4 Å². The van der Waals surface area contributed by atoms with E-state index < -0.39 is 0 Å². The molecule has 1 atom stereocenters. The number of aromatic nitrogens is 5. The van der Waals surface area contributed by atoms with E-state index in [0.29, 0.717) is 30.6 Å². The number of thiophene rings is 1. The lowest BCUT2D eigenvalue weighted by atomic mass is 9.98.